The molecular weight excluding hydrogens is 482 g/mol. The van der Waals surface area contributed by atoms with Crippen LogP contribution in [0.15, 0.2) is 84.9 Å². The zero-order valence-corrected chi connectivity index (χ0v) is 16.2. The van der Waals surface area contributed by atoms with E-state index in [0.717, 1.165) is 24.2 Å². The molecule has 0 aliphatic heterocycles. The molecule has 0 bridgehead atoms. The van der Waals surface area contributed by atoms with Gasteiger partial charge in [-0.2, -0.15) is 35.9 Å². The molecule has 125 valence electrons. The van der Waals surface area contributed by atoms with Crippen LogP contribution >= 0.6 is 0 Å². The van der Waals surface area contributed by atoms with Gasteiger partial charge in [0.15, 0.2) is 0 Å². The van der Waals surface area contributed by atoms with E-state index < -0.39 is 0 Å². The van der Waals surface area contributed by atoms with Gasteiger partial charge in [-0.3, -0.25) is 4.98 Å². The number of hydrogen-bond acceptors (Lipinski definition) is 1. The second-order valence-corrected chi connectivity index (χ2v) is 6.01. The second-order valence-electron chi connectivity index (χ2n) is 6.01. The van der Waals surface area contributed by atoms with Crippen LogP contribution in [0.5, 0.6) is 0 Å². The summed E-state index contributed by atoms with van der Waals surface area (Å²) < 4.78 is 0. The molecule has 0 saturated carbocycles. The Bertz CT molecular complexity index is 949. The third kappa shape index (κ3) is 4.22. The van der Waals surface area contributed by atoms with E-state index in [1.54, 1.807) is 0 Å². The number of nitrogens with zero attached hydrogens (tertiary/aromatic N) is 1. The molecule has 1 nitrogen and oxygen atoms in total. The Morgan fingerprint density at radius 1 is 0.760 bits per heavy atom. The van der Waals surface area contributed by atoms with Gasteiger partial charge in [0.25, 0.3) is 0 Å². The Labute approximate surface area is 162 Å². The van der Waals surface area contributed by atoms with Gasteiger partial charge in [0.05, 0.1) is 5.69 Å². The van der Waals surface area contributed by atoms with Crippen molar-refractivity contribution in [3.8, 4) is 0 Å². The van der Waals surface area contributed by atoms with E-state index in [2.05, 4.69) is 72.8 Å². The average molecular weight is 501 g/mol. The van der Waals surface area contributed by atoms with Gasteiger partial charge in [-0.15, -0.1) is 0 Å². The van der Waals surface area contributed by atoms with Gasteiger partial charge in [-0.1, -0.05) is 54.6 Å². The topological polar surface area (TPSA) is 12.9 Å². The van der Waals surface area contributed by atoms with E-state index in [9.17, 15) is 0 Å². The van der Waals surface area contributed by atoms with E-state index in [1.807, 2.05) is 18.2 Å². The summed E-state index contributed by atoms with van der Waals surface area (Å²) in [6.07, 6.45) is 1.67. The van der Waals surface area contributed by atoms with E-state index >= 15 is 0 Å². The third-order valence-corrected chi connectivity index (χ3v) is 4.23. The second kappa shape index (κ2) is 8.20. The van der Waals surface area contributed by atoms with Crippen molar-refractivity contribution in [2.75, 3.05) is 0 Å². The van der Waals surface area contributed by atoms with Gasteiger partial charge in [0.2, 0.25) is 0 Å². The molecule has 0 saturated heterocycles. The fourth-order valence-electron chi connectivity index (χ4n) is 3.08. The molecule has 0 aliphatic rings. The first-order valence-electron chi connectivity index (χ1n) is 8.25. The van der Waals surface area contributed by atoms with Crippen LogP contribution in [-0.2, 0) is 32.9 Å². The van der Waals surface area contributed by atoms with Gasteiger partial charge in [0.1, 0.15) is 0 Å². The molecule has 1 aromatic heterocycles. The van der Waals surface area contributed by atoms with Crippen LogP contribution in [-0.4, -0.2) is 4.98 Å². The van der Waals surface area contributed by atoms with Crippen LogP contribution in [0.25, 0.3) is 10.8 Å². The van der Waals surface area contributed by atoms with E-state index in [-0.39, 0.29) is 20.1 Å². The minimum absolute atomic E-state index is 0. The summed E-state index contributed by atoms with van der Waals surface area (Å²) in [4.78, 5) is 4.97. The number of benzene rings is 3. The van der Waals surface area contributed by atoms with Crippen molar-refractivity contribution < 1.29 is 20.1 Å². The maximum absolute atomic E-state index is 4.97. The number of rotatable bonds is 4. The van der Waals surface area contributed by atoms with Crippen LogP contribution in [0.3, 0.4) is 0 Å². The Morgan fingerprint density at radius 2 is 1.52 bits per heavy atom. The normalized spacial score (nSPS) is 10.4. The first kappa shape index (κ1) is 17.5. The fraction of sp³-hybridized carbons (Fsp3) is 0.0870. The predicted molar refractivity (Wildman–Crippen MR) is 99.1 cm³/mol. The van der Waals surface area contributed by atoms with Crippen molar-refractivity contribution in [3.05, 3.63) is 114 Å². The molecule has 0 unspecified atom stereocenters. The van der Waals surface area contributed by atoms with E-state index in [1.165, 1.54) is 21.9 Å². The Kier molecular flexibility index (Phi) is 5.75. The number of pyridine rings is 1. The molecule has 1 heterocycles. The summed E-state index contributed by atoms with van der Waals surface area (Å²) in [6.45, 7) is 0. The molecule has 0 atom stereocenters. The van der Waals surface area contributed by atoms with Crippen LogP contribution < -0.4 is 0 Å². The molecule has 4 aromatic rings. The van der Waals surface area contributed by atoms with Crippen molar-refractivity contribution in [1.82, 2.24) is 4.98 Å². The number of fused-ring (bicyclic) bond motifs is 1. The largest absolute Gasteiger partial charge is 0.257 e. The Hall–Kier alpha value is -2.28. The Balaban J connectivity index is 0.00000182. The number of aromatic nitrogens is 1. The standard InChI is InChI=1S/C23H18N.Ir/c1-3-9-18(10-4-1)15-21-17-20-13-7-8-14-22(20)23(24-21)16-19-11-5-2-6-12-19;/h1-11,13-14,17H,15-16H2;/q-1;. The molecule has 0 amide bonds. The van der Waals surface area contributed by atoms with Crippen molar-refractivity contribution in [1.29, 1.82) is 0 Å². The maximum Gasteiger partial charge on any atom is 0.0508 e. The van der Waals surface area contributed by atoms with E-state index in [4.69, 9.17) is 4.98 Å². The minimum atomic E-state index is 0. The molecule has 25 heavy (non-hydrogen) atoms. The van der Waals surface area contributed by atoms with Gasteiger partial charge < -0.3 is 0 Å². The van der Waals surface area contributed by atoms with Gasteiger partial charge in [-0.05, 0) is 23.4 Å². The van der Waals surface area contributed by atoms with Crippen molar-refractivity contribution >= 4 is 10.8 Å². The summed E-state index contributed by atoms with van der Waals surface area (Å²) in [6, 6.07) is 32.7. The summed E-state index contributed by atoms with van der Waals surface area (Å²) in [5.41, 5.74) is 4.71. The van der Waals surface area contributed by atoms with Gasteiger partial charge in [-0.25, -0.2) is 0 Å². The molecule has 3 aromatic carbocycles. The molecule has 0 aliphatic carbocycles. The van der Waals surface area contributed by atoms with Crippen LogP contribution in [0.4, 0.5) is 0 Å². The van der Waals surface area contributed by atoms with Crippen LogP contribution in [0, 0.1) is 6.07 Å². The molecule has 2 heteroatoms. The van der Waals surface area contributed by atoms with Crippen LogP contribution in [0.2, 0.25) is 0 Å². The Morgan fingerprint density at radius 3 is 2.32 bits per heavy atom. The molecule has 1 radical (unpaired) electrons. The van der Waals surface area contributed by atoms with Gasteiger partial charge in [0, 0.05) is 37.6 Å². The third-order valence-electron chi connectivity index (χ3n) is 4.23. The summed E-state index contributed by atoms with van der Waals surface area (Å²) in [5.74, 6) is 0. The molecular formula is C23H18IrN-. The molecule has 4 rings (SSSR count). The van der Waals surface area contributed by atoms with Crippen LogP contribution in [0.1, 0.15) is 22.5 Å². The van der Waals surface area contributed by atoms with Crippen molar-refractivity contribution in [2.45, 2.75) is 12.8 Å². The quantitative estimate of drug-likeness (QED) is 0.351. The van der Waals surface area contributed by atoms with Crippen molar-refractivity contribution in [3.63, 3.8) is 0 Å². The van der Waals surface area contributed by atoms with E-state index in [0.29, 0.717) is 0 Å². The monoisotopic (exact) mass is 501 g/mol. The summed E-state index contributed by atoms with van der Waals surface area (Å²) >= 11 is 0. The summed E-state index contributed by atoms with van der Waals surface area (Å²) in [5, 5.41) is 2.48. The average Bonchev–Trinajstić information content (AvgIpc) is 2.63. The zero-order valence-electron chi connectivity index (χ0n) is 13.8. The first-order chi connectivity index (χ1) is 11.9. The zero-order chi connectivity index (χ0) is 16.2. The van der Waals surface area contributed by atoms with Crippen molar-refractivity contribution in [2.24, 2.45) is 0 Å². The fourth-order valence-corrected chi connectivity index (χ4v) is 3.08. The maximum atomic E-state index is 4.97. The summed E-state index contributed by atoms with van der Waals surface area (Å²) in [7, 11) is 0. The molecule has 0 fully saturated rings. The smallest absolute Gasteiger partial charge is 0.0508 e. The van der Waals surface area contributed by atoms with Gasteiger partial charge >= 0.3 is 0 Å². The number of hydrogen-bond donors (Lipinski definition) is 0. The minimum Gasteiger partial charge on any atom is -0.257 e. The molecule has 0 N–H and O–H groups in total. The predicted octanol–water partition coefficient (Wildman–Crippen LogP) is 5.21. The SMILES string of the molecule is [Ir].[c-]1ccccc1Cc1nc(Cc2ccccc2)cc2ccccc12. The molecule has 0 spiro atoms. The first-order valence-corrected chi connectivity index (χ1v) is 8.25.